The first-order valence-electron chi connectivity index (χ1n) is 12.4. The Morgan fingerprint density at radius 3 is 2.51 bits per heavy atom. The molecule has 222 valence electrons. The summed E-state index contributed by atoms with van der Waals surface area (Å²) in [5.74, 6) is -1.37. The summed E-state index contributed by atoms with van der Waals surface area (Å²) in [6, 6.07) is 5.41. The number of carbonyl (C=O) groups excluding carboxylic acids is 3. The summed E-state index contributed by atoms with van der Waals surface area (Å²) in [7, 11) is -1.44. The van der Waals surface area contributed by atoms with Crippen molar-refractivity contribution in [3.63, 3.8) is 0 Å². The second-order valence-electron chi connectivity index (χ2n) is 10.1. The van der Waals surface area contributed by atoms with Gasteiger partial charge in [-0.15, -0.1) is 0 Å². The van der Waals surface area contributed by atoms with E-state index in [4.69, 9.17) is 15.3 Å². The number of aliphatic imine (C=N–C) groups is 1. The number of nitrogens with two attached hydrogens (primary N) is 1. The molecule has 0 radical (unpaired) electrons. The molecule has 1 unspecified atom stereocenters. The molecule has 0 saturated carbocycles. The first-order chi connectivity index (χ1) is 19.2. The van der Waals surface area contributed by atoms with E-state index < -0.39 is 45.7 Å². The average molecular weight is 592 g/mol. The van der Waals surface area contributed by atoms with Gasteiger partial charge in [-0.2, -0.15) is 9.71 Å². The van der Waals surface area contributed by atoms with Crippen LogP contribution in [0.25, 0.3) is 0 Å². The summed E-state index contributed by atoms with van der Waals surface area (Å²) < 4.78 is 38.5. The number of imidazole rings is 1. The molecule has 1 aliphatic heterocycles. The number of esters is 1. The molecule has 16 heteroatoms. The number of hydrogen-bond donors (Lipinski definition) is 3. The molecule has 1 aromatic heterocycles. The van der Waals surface area contributed by atoms with E-state index in [1.807, 2.05) is 0 Å². The van der Waals surface area contributed by atoms with Gasteiger partial charge < -0.3 is 29.9 Å². The largest absolute Gasteiger partial charge is 0.468 e. The van der Waals surface area contributed by atoms with Gasteiger partial charge in [0, 0.05) is 31.8 Å². The number of carbonyl (C=O) groups is 3. The van der Waals surface area contributed by atoms with Gasteiger partial charge >= 0.3 is 12.1 Å². The van der Waals surface area contributed by atoms with Crippen LogP contribution in [0.4, 0.5) is 4.79 Å². The van der Waals surface area contributed by atoms with Crippen LogP contribution in [-0.4, -0.2) is 78.9 Å². The second kappa shape index (κ2) is 12.9. The fraction of sp³-hybridized carbons (Fsp3) is 0.440. The first-order valence-corrected chi connectivity index (χ1v) is 13.9. The van der Waals surface area contributed by atoms with Gasteiger partial charge in [0.2, 0.25) is 5.91 Å². The van der Waals surface area contributed by atoms with Crippen molar-refractivity contribution in [2.45, 2.75) is 56.4 Å². The maximum atomic E-state index is 12.5. The summed E-state index contributed by atoms with van der Waals surface area (Å²) in [6.07, 6.45) is 1.42. The lowest BCUT2D eigenvalue weighted by Crippen LogP contribution is -2.49. The third kappa shape index (κ3) is 9.11. The molecule has 41 heavy (non-hydrogen) atoms. The molecule has 15 nitrogen and oxygen atoms in total. The SMILES string of the molecule is COC(=O)[C@H](CNC(=O)CC1CC(c2ccc(/C(N)=N\C(=O)OC(C)(C)C)cc2)=NO1)NS(=O)(=O)c1cn(C)cn1. The van der Waals surface area contributed by atoms with Gasteiger partial charge in [0.25, 0.3) is 10.0 Å². The van der Waals surface area contributed by atoms with Gasteiger partial charge in [0.05, 0.1) is 25.6 Å². The molecule has 2 heterocycles. The third-order valence-corrected chi connectivity index (χ3v) is 6.86. The van der Waals surface area contributed by atoms with Crippen LogP contribution in [0.1, 0.15) is 44.7 Å². The molecule has 3 rings (SSSR count). The minimum Gasteiger partial charge on any atom is -0.468 e. The smallest absolute Gasteiger partial charge is 0.436 e. The van der Waals surface area contributed by atoms with E-state index >= 15 is 0 Å². The van der Waals surface area contributed by atoms with Crippen molar-refractivity contribution in [3.05, 3.63) is 47.9 Å². The maximum absolute atomic E-state index is 12.5. The van der Waals surface area contributed by atoms with Crippen molar-refractivity contribution in [2.24, 2.45) is 22.9 Å². The van der Waals surface area contributed by atoms with Gasteiger partial charge in [-0.25, -0.2) is 18.2 Å². The molecular weight excluding hydrogens is 558 g/mol. The van der Waals surface area contributed by atoms with E-state index in [1.165, 1.54) is 17.1 Å². The van der Waals surface area contributed by atoms with Gasteiger partial charge in [-0.1, -0.05) is 29.4 Å². The van der Waals surface area contributed by atoms with Crippen molar-refractivity contribution in [1.29, 1.82) is 0 Å². The Bertz CT molecular complexity index is 1440. The van der Waals surface area contributed by atoms with Crippen LogP contribution >= 0.6 is 0 Å². The molecule has 0 aliphatic carbocycles. The van der Waals surface area contributed by atoms with Crippen molar-refractivity contribution < 1.29 is 37.1 Å². The number of nitrogens with one attached hydrogen (secondary N) is 2. The maximum Gasteiger partial charge on any atom is 0.436 e. The van der Waals surface area contributed by atoms with Crippen LogP contribution in [0.3, 0.4) is 0 Å². The monoisotopic (exact) mass is 591 g/mol. The number of hydrogen-bond acceptors (Lipinski definition) is 10. The Morgan fingerprint density at radius 1 is 1.24 bits per heavy atom. The van der Waals surface area contributed by atoms with Crippen molar-refractivity contribution in [3.8, 4) is 0 Å². The van der Waals surface area contributed by atoms with E-state index in [0.29, 0.717) is 17.7 Å². The Kier molecular flexibility index (Phi) is 9.83. The predicted molar refractivity (Wildman–Crippen MR) is 146 cm³/mol. The standard InChI is InChI=1S/C25H33N7O8S/c1-25(2,3)39-24(35)29-22(26)16-8-6-15(7-9-16)18-10-17(40-30-18)11-20(33)27-12-19(23(34)38-5)31-41(36,37)21-13-32(4)14-28-21/h6-9,13-14,17,19,31H,10-12H2,1-5H3,(H,27,33)(H2,26,29,35)/t17?,19-/m0/s1. The summed E-state index contributed by atoms with van der Waals surface area (Å²) in [6.45, 7) is 4.81. The van der Waals surface area contributed by atoms with E-state index in [2.05, 4.69) is 29.9 Å². The summed E-state index contributed by atoms with van der Waals surface area (Å²) in [5, 5.41) is 6.29. The van der Waals surface area contributed by atoms with E-state index in [-0.39, 0.29) is 23.8 Å². The van der Waals surface area contributed by atoms with Gasteiger partial charge in [-0.05, 0) is 26.3 Å². The highest BCUT2D eigenvalue weighted by Crippen LogP contribution is 2.20. The van der Waals surface area contributed by atoms with Crippen LogP contribution in [-0.2, 0) is 41.0 Å². The number of amides is 2. The van der Waals surface area contributed by atoms with Crippen LogP contribution in [0.2, 0.25) is 0 Å². The summed E-state index contributed by atoms with van der Waals surface area (Å²) in [4.78, 5) is 49.5. The number of methoxy groups -OCH3 is 1. The lowest BCUT2D eigenvalue weighted by molar-refractivity contribution is -0.142. The van der Waals surface area contributed by atoms with E-state index in [0.717, 1.165) is 12.7 Å². The Hall–Kier alpha value is -4.31. The van der Waals surface area contributed by atoms with Crippen LogP contribution < -0.4 is 15.8 Å². The summed E-state index contributed by atoms with van der Waals surface area (Å²) >= 11 is 0. The number of ether oxygens (including phenoxy) is 2. The molecular formula is C25H33N7O8S. The first kappa shape index (κ1) is 31.2. The molecule has 1 aromatic carbocycles. The lowest BCUT2D eigenvalue weighted by atomic mass is 10.0. The zero-order valence-electron chi connectivity index (χ0n) is 23.3. The third-order valence-electron chi connectivity index (χ3n) is 5.51. The number of aromatic nitrogens is 2. The lowest BCUT2D eigenvalue weighted by Gasteiger charge is -2.17. The van der Waals surface area contributed by atoms with Gasteiger partial charge in [0.1, 0.15) is 23.6 Å². The van der Waals surface area contributed by atoms with E-state index in [1.54, 1.807) is 52.1 Å². The number of nitrogens with zero attached hydrogens (tertiary/aromatic N) is 4. The Balaban J connectivity index is 1.52. The molecule has 2 atom stereocenters. The molecule has 4 N–H and O–H groups in total. The average Bonchev–Trinajstić information content (AvgIpc) is 3.54. The number of amidine groups is 1. The van der Waals surface area contributed by atoms with Gasteiger partial charge in [-0.3, -0.25) is 9.59 Å². The summed E-state index contributed by atoms with van der Waals surface area (Å²) in [5.41, 5.74) is 7.04. The number of aryl methyl sites for hydroxylation is 1. The fourth-order valence-electron chi connectivity index (χ4n) is 3.57. The van der Waals surface area contributed by atoms with Gasteiger partial charge in [0.15, 0.2) is 5.03 Å². The van der Waals surface area contributed by atoms with E-state index in [9.17, 15) is 22.8 Å². The molecule has 0 bridgehead atoms. The van der Waals surface area contributed by atoms with Crippen molar-refractivity contribution >= 4 is 39.5 Å². The Labute approximate surface area is 237 Å². The zero-order valence-corrected chi connectivity index (χ0v) is 24.1. The fourth-order valence-corrected chi connectivity index (χ4v) is 4.74. The van der Waals surface area contributed by atoms with Crippen LogP contribution in [0.5, 0.6) is 0 Å². The molecule has 2 aromatic rings. The van der Waals surface area contributed by atoms with Crippen LogP contribution in [0.15, 0.2) is 52.0 Å². The molecule has 0 fully saturated rings. The van der Waals surface area contributed by atoms with Crippen molar-refractivity contribution in [2.75, 3.05) is 13.7 Å². The number of sulfonamides is 1. The second-order valence-corrected chi connectivity index (χ2v) is 11.8. The number of rotatable bonds is 10. The highest BCUT2D eigenvalue weighted by Gasteiger charge is 2.30. The number of benzene rings is 1. The highest BCUT2D eigenvalue weighted by atomic mass is 32.2. The topological polar surface area (TPSA) is 206 Å². The molecule has 1 aliphatic rings. The van der Waals surface area contributed by atoms with Crippen molar-refractivity contribution in [1.82, 2.24) is 19.6 Å². The highest BCUT2D eigenvalue weighted by molar-refractivity contribution is 7.89. The predicted octanol–water partition coefficient (Wildman–Crippen LogP) is 0.580. The minimum atomic E-state index is -4.14. The number of oxime groups is 1. The minimum absolute atomic E-state index is 0.00228. The molecule has 0 spiro atoms. The zero-order chi connectivity index (χ0) is 30.4. The van der Waals surface area contributed by atoms with Crippen LogP contribution in [0, 0.1) is 0 Å². The Morgan fingerprint density at radius 2 is 1.93 bits per heavy atom. The molecule has 2 amide bonds. The molecule has 0 saturated heterocycles. The quantitative estimate of drug-likeness (QED) is 0.199. The normalized spacial score (nSPS) is 16.4.